The number of halogens is 2. The molecule has 19 heavy (non-hydrogen) atoms. The summed E-state index contributed by atoms with van der Waals surface area (Å²) in [5.41, 5.74) is 2.54. The average Bonchev–Trinajstić information content (AvgIpc) is 2.38. The monoisotopic (exact) mass is 295 g/mol. The van der Waals surface area contributed by atoms with E-state index in [0.717, 1.165) is 22.2 Å². The number of aryl methyl sites for hydroxylation is 1. The number of carboxylic acids is 1. The fourth-order valence-electron chi connectivity index (χ4n) is 2.57. The van der Waals surface area contributed by atoms with Crippen LogP contribution in [0.25, 0.3) is 10.9 Å². The number of carbonyl (C=O) groups is 1. The van der Waals surface area contributed by atoms with E-state index < -0.39 is 5.97 Å². The Morgan fingerprint density at radius 3 is 2.89 bits per heavy atom. The van der Waals surface area contributed by atoms with E-state index in [1.165, 1.54) is 0 Å². The molecule has 0 spiro atoms. The van der Waals surface area contributed by atoms with Gasteiger partial charge < -0.3 is 5.11 Å². The van der Waals surface area contributed by atoms with Gasteiger partial charge in [0, 0.05) is 16.1 Å². The van der Waals surface area contributed by atoms with E-state index in [0.29, 0.717) is 29.3 Å². The predicted octanol–water partition coefficient (Wildman–Crippen LogP) is 3.73. The second kappa shape index (κ2) is 4.66. The van der Waals surface area contributed by atoms with E-state index in [4.69, 9.17) is 28.3 Å². The van der Waals surface area contributed by atoms with Gasteiger partial charge in [0.1, 0.15) is 0 Å². The SMILES string of the molecule is O=C(O)C1CCc2nc3cc(Cl)ccc3c(Cl)c2C1. The number of rotatable bonds is 1. The first-order valence-electron chi connectivity index (χ1n) is 6.05. The fourth-order valence-corrected chi connectivity index (χ4v) is 3.08. The first-order chi connectivity index (χ1) is 9.06. The standard InChI is InChI=1S/C14H11Cl2NO2/c15-8-2-3-9-12(6-8)17-11-4-1-7(14(18)19)5-10(11)13(9)16/h2-3,6-7H,1,4-5H2,(H,18,19). The normalized spacial score (nSPS) is 18.3. The topological polar surface area (TPSA) is 50.2 Å². The molecule has 1 heterocycles. The van der Waals surface area contributed by atoms with Crippen molar-refractivity contribution in [3.05, 3.63) is 39.5 Å². The number of fused-ring (bicyclic) bond motifs is 2. The van der Waals surface area contributed by atoms with Crippen molar-refractivity contribution < 1.29 is 9.90 Å². The first kappa shape index (κ1) is 12.7. The minimum absolute atomic E-state index is 0.364. The molecule has 3 rings (SSSR count). The van der Waals surface area contributed by atoms with Crippen LogP contribution in [0.3, 0.4) is 0 Å². The van der Waals surface area contributed by atoms with Gasteiger partial charge in [0.2, 0.25) is 0 Å². The van der Waals surface area contributed by atoms with E-state index in [2.05, 4.69) is 4.98 Å². The van der Waals surface area contributed by atoms with Crippen LogP contribution in [0, 0.1) is 5.92 Å². The summed E-state index contributed by atoms with van der Waals surface area (Å²) >= 11 is 12.4. The van der Waals surface area contributed by atoms with Crippen molar-refractivity contribution in [3.8, 4) is 0 Å². The van der Waals surface area contributed by atoms with E-state index >= 15 is 0 Å². The van der Waals surface area contributed by atoms with Gasteiger partial charge in [0.15, 0.2) is 0 Å². The Kier molecular flexibility index (Phi) is 3.11. The molecule has 1 aromatic carbocycles. The van der Waals surface area contributed by atoms with Gasteiger partial charge in [-0.3, -0.25) is 9.78 Å². The number of hydrogen-bond donors (Lipinski definition) is 1. The zero-order chi connectivity index (χ0) is 13.6. The van der Waals surface area contributed by atoms with E-state index in [1.54, 1.807) is 12.1 Å². The molecule has 0 saturated carbocycles. The van der Waals surface area contributed by atoms with Gasteiger partial charge in [-0.2, -0.15) is 0 Å². The van der Waals surface area contributed by atoms with Crippen molar-refractivity contribution in [1.29, 1.82) is 0 Å². The van der Waals surface area contributed by atoms with Gasteiger partial charge in [0.25, 0.3) is 0 Å². The molecular formula is C14H11Cl2NO2. The Morgan fingerprint density at radius 1 is 1.37 bits per heavy atom. The van der Waals surface area contributed by atoms with E-state index in [9.17, 15) is 4.79 Å². The van der Waals surface area contributed by atoms with Crippen molar-refractivity contribution in [2.24, 2.45) is 5.92 Å². The number of hydrogen-bond acceptors (Lipinski definition) is 2. The molecule has 98 valence electrons. The summed E-state index contributed by atoms with van der Waals surface area (Å²) in [5.74, 6) is -1.13. The third-order valence-corrected chi connectivity index (χ3v) is 4.26. The van der Waals surface area contributed by atoms with Crippen molar-refractivity contribution in [2.45, 2.75) is 19.3 Å². The van der Waals surface area contributed by atoms with E-state index in [1.807, 2.05) is 6.07 Å². The minimum atomic E-state index is -0.766. The van der Waals surface area contributed by atoms with Crippen molar-refractivity contribution in [3.63, 3.8) is 0 Å². The second-order valence-electron chi connectivity index (χ2n) is 4.79. The van der Waals surface area contributed by atoms with Crippen LogP contribution in [0.15, 0.2) is 18.2 Å². The van der Waals surface area contributed by atoms with Crippen LogP contribution in [-0.4, -0.2) is 16.1 Å². The quantitative estimate of drug-likeness (QED) is 0.872. The average molecular weight is 296 g/mol. The molecule has 2 aromatic rings. The van der Waals surface area contributed by atoms with Gasteiger partial charge in [-0.15, -0.1) is 0 Å². The van der Waals surface area contributed by atoms with Gasteiger partial charge in [0.05, 0.1) is 16.5 Å². The maximum Gasteiger partial charge on any atom is 0.306 e. The lowest BCUT2D eigenvalue weighted by atomic mass is 9.86. The molecule has 1 atom stereocenters. The first-order valence-corrected chi connectivity index (χ1v) is 6.81. The van der Waals surface area contributed by atoms with E-state index in [-0.39, 0.29) is 5.92 Å². The molecule has 5 heteroatoms. The largest absolute Gasteiger partial charge is 0.481 e. The lowest BCUT2D eigenvalue weighted by molar-refractivity contribution is -0.142. The Balaban J connectivity index is 2.17. The number of benzene rings is 1. The fraction of sp³-hybridized carbons (Fsp3) is 0.286. The van der Waals surface area contributed by atoms with Gasteiger partial charge in [-0.1, -0.05) is 23.2 Å². The molecule has 1 aliphatic rings. The van der Waals surface area contributed by atoms with Crippen molar-refractivity contribution in [2.75, 3.05) is 0 Å². The second-order valence-corrected chi connectivity index (χ2v) is 5.60. The number of nitrogens with zero attached hydrogens (tertiary/aromatic N) is 1. The highest BCUT2D eigenvalue weighted by molar-refractivity contribution is 6.37. The van der Waals surface area contributed by atoms with Crippen molar-refractivity contribution >= 4 is 40.1 Å². The van der Waals surface area contributed by atoms with Crippen LogP contribution in [-0.2, 0) is 17.6 Å². The van der Waals surface area contributed by atoms with Crippen LogP contribution >= 0.6 is 23.2 Å². The van der Waals surface area contributed by atoms with Gasteiger partial charge in [-0.25, -0.2) is 0 Å². The molecule has 1 N–H and O–H groups in total. The molecule has 0 fully saturated rings. The molecule has 1 aliphatic carbocycles. The van der Waals surface area contributed by atoms with Crippen LogP contribution < -0.4 is 0 Å². The lowest BCUT2D eigenvalue weighted by Crippen LogP contribution is -2.23. The number of pyridine rings is 1. The highest BCUT2D eigenvalue weighted by Gasteiger charge is 2.27. The number of aliphatic carboxylic acids is 1. The molecule has 1 aromatic heterocycles. The lowest BCUT2D eigenvalue weighted by Gasteiger charge is -2.22. The minimum Gasteiger partial charge on any atom is -0.481 e. The van der Waals surface area contributed by atoms with Gasteiger partial charge in [-0.05, 0) is 43.0 Å². The summed E-state index contributed by atoms with van der Waals surface area (Å²) in [7, 11) is 0. The summed E-state index contributed by atoms with van der Waals surface area (Å²) in [4.78, 5) is 15.7. The molecule has 1 unspecified atom stereocenters. The van der Waals surface area contributed by atoms with Crippen LogP contribution in [0.2, 0.25) is 10.0 Å². The van der Waals surface area contributed by atoms with Crippen LogP contribution in [0.4, 0.5) is 0 Å². The number of aromatic nitrogens is 1. The predicted molar refractivity (Wildman–Crippen MR) is 74.9 cm³/mol. The Hall–Kier alpha value is -1.32. The maximum atomic E-state index is 11.1. The Labute approximate surface area is 120 Å². The Morgan fingerprint density at radius 2 is 2.16 bits per heavy atom. The molecule has 0 radical (unpaired) electrons. The molecule has 0 saturated heterocycles. The summed E-state index contributed by atoms with van der Waals surface area (Å²) in [6.07, 6.45) is 1.71. The zero-order valence-corrected chi connectivity index (χ0v) is 11.5. The zero-order valence-electron chi connectivity index (χ0n) is 9.99. The van der Waals surface area contributed by atoms with Gasteiger partial charge >= 0.3 is 5.97 Å². The molecular weight excluding hydrogens is 285 g/mol. The van der Waals surface area contributed by atoms with Crippen LogP contribution in [0.1, 0.15) is 17.7 Å². The summed E-state index contributed by atoms with van der Waals surface area (Å²) in [6, 6.07) is 5.38. The van der Waals surface area contributed by atoms with Crippen molar-refractivity contribution in [1.82, 2.24) is 4.98 Å². The highest BCUT2D eigenvalue weighted by atomic mass is 35.5. The molecule has 0 bridgehead atoms. The smallest absolute Gasteiger partial charge is 0.306 e. The third-order valence-electron chi connectivity index (χ3n) is 3.59. The van der Waals surface area contributed by atoms with Crippen LogP contribution in [0.5, 0.6) is 0 Å². The number of carboxylic acid groups (broad SMARTS) is 1. The molecule has 0 aliphatic heterocycles. The maximum absolute atomic E-state index is 11.1. The Bertz CT molecular complexity index is 685. The molecule has 0 amide bonds. The summed E-state index contributed by atoms with van der Waals surface area (Å²) in [5, 5.41) is 11.2. The molecule has 3 nitrogen and oxygen atoms in total. The third kappa shape index (κ3) is 2.17. The summed E-state index contributed by atoms with van der Waals surface area (Å²) in [6.45, 7) is 0. The summed E-state index contributed by atoms with van der Waals surface area (Å²) < 4.78 is 0. The highest BCUT2D eigenvalue weighted by Crippen LogP contribution is 2.35.